The molecule has 114 valence electrons. The van der Waals surface area contributed by atoms with E-state index < -0.39 is 0 Å². The van der Waals surface area contributed by atoms with Gasteiger partial charge in [0.15, 0.2) is 0 Å². The largest absolute Gasteiger partial charge is 0.312 e. The van der Waals surface area contributed by atoms with Crippen LogP contribution in [0.3, 0.4) is 0 Å². The zero-order valence-electron chi connectivity index (χ0n) is 13.2. The van der Waals surface area contributed by atoms with Gasteiger partial charge in [-0.3, -0.25) is 4.90 Å². The van der Waals surface area contributed by atoms with E-state index >= 15 is 0 Å². The molecule has 3 heteroatoms. The molecular weight excluding hydrogens is 246 g/mol. The van der Waals surface area contributed by atoms with Crippen LogP contribution in [-0.4, -0.2) is 62.2 Å². The molecule has 6 atom stereocenters. The average molecular weight is 277 g/mol. The molecule has 0 aromatic heterocycles. The lowest BCUT2D eigenvalue weighted by atomic mass is 9.79. The topological polar surface area (TPSA) is 18.5 Å². The van der Waals surface area contributed by atoms with E-state index in [4.69, 9.17) is 0 Å². The Morgan fingerprint density at radius 3 is 2.75 bits per heavy atom. The van der Waals surface area contributed by atoms with Crippen molar-refractivity contribution in [2.45, 2.75) is 44.2 Å². The summed E-state index contributed by atoms with van der Waals surface area (Å²) in [7, 11) is 4.56. The van der Waals surface area contributed by atoms with Gasteiger partial charge in [0, 0.05) is 38.3 Å². The average Bonchev–Trinajstić information content (AvgIpc) is 3.10. The molecule has 3 aliphatic carbocycles. The molecule has 2 bridgehead atoms. The Bertz CT molecular complexity index is 358. The summed E-state index contributed by atoms with van der Waals surface area (Å²) in [6.07, 6.45) is 7.64. The van der Waals surface area contributed by atoms with Crippen molar-refractivity contribution in [3.8, 4) is 0 Å². The minimum Gasteiger partial charge on any atom is -0.312 e. The van der Waals surface area contributed by atoms with Gasteiger partial charge in [-0.15, -0.1) is 0 Å². The summed E-state index contributed by atoms with van der Waals surface area (Å²) < 4.78 is 0. The van der Waals surface area contributed by atoms with Crippen molar-refractivity contribution >= 4 is 0 Å². The third-order valence-corrected chi connectivity index (χ3v) is 7.02. The molecule has 4 fully saturated rings. The molecule has 1 N–H and O–H groups in total. The summed E-state index contributed by atoms with van der Waals surface area (Å²) in [6, 6.07) is 1.56. The van der Waals surface area contributed by atoms with E-state index in [-0.39, 0.29) is 0 Å². The number of nitrogens with zero attached hydrogens (tertiary/aromatic N) is 2. The van der Waals surface area contributed by atoms with Gasteiger partial charge in [0.1, 0.15) is 0 Å². The lowest BCUT2D eigenvalue weighted by Gasteiger charge is -2.39. The van der Waals surface area contributed by atoms with Crippen molar-refractivity contribution < 1.29 is 0 Å². The molecule has 4 rings (SSSR count). The van der Waals surface area contributed by atoms with Crippen LogP contribution in [0.4, 0.5) is 0 Å². The maximum Gasteiger partial charge on any atom is 0.0345 e. The van der Waals surface area contributed by atoms with Gasteiger partial charge in [-0.05, 0) is 63.5 Å². The van der Waals surface area contributed by atoms with Gasteiger partial charge in [0.2, 0.25) is 0 Å². The molecule has 3 saturated carbocycles. The van der Waals surface area contributed by atoms with E-state index in [0.717, 1.165) is 29.7 Å². The Balaban J connectivity index is 1.32. The highest BCUT2D eigenvalue weighted by molar-refractivity contribution is 5.05. The number of fused-ring (bicyclic) bond motifs is 5. The summed E-state index contributed by atoms with van der Waals surface area (Å²) in [5, 5.41) is 3.98. The molecule has 1 saturated heterocycles. The van der Waals surface area contributed by atoms with E-state index in [1.807, 2.05) is 0 Å². The fraction of sp³-hybridized carbons (Fsp3) is 1.00. The van der Waals surface area contributed by atoms with E-state index in [9.17, 15) is 0 Å². The maximum absolute atomic E-state index is 3.98. The van der Waals surface area contributed by atoms with Crippen molar-refractivity contribution in [1.82, 2.24) is 15.1 Å². The first-order valence-electron chi connectivity index (χ1n) is 8.84. The van der Waals surface area contributed by atoms with Crippen molar-refractivity contribution in [2.24, 2.45) is 23.7 Å². The Kier molecular flexibility index (Phi) is 3.56. The number of hydrogen-bond donors (Lipinski definition) is 1. The molecule has 0 aromatic rings. The molecule has 0 spiro atoms. The van der Waals surface area contributed by atoms with Gasteiger partial charge < -0.3 is 10.2 Å². The van der Waals surface area contributed by atoms with Crippen molar-refractivity contribution in [3.63, 3.8) is 0 Å². The second kappa shape index (κ2) is 5.26. The van der Waals surface area contributed by atoms with Crippen LogP contribution in [0.1, 0.15) is 32.1 Å². The first-order chi connectivity index (χ1) is 9.72. The number of piperazine rings is 1. The van der Waals surface area contributed by atoms with E-state index in [0.29, 0.717) is 6.04 Å². The van der Waals surface area contributed by atoms with E-state index in [2.05, 4.69) is 29.2 Å². The minimum absolute atomic E-state index is 0.715. The van der Waals surface area contributed by atoms with Crippen LogP contribution in [0.25, 0.3) is 0 Å². The van der Waals surface area contributed by atoms with Crippen LogP contribution in [0, 0.1) is 23.7 Å². The van der Waals surface area contributed by atoms with Crippen LogP contribution in [0.15, 0.2) is 0 Å². The molecule has 0 radical (unpaired) electrons. The highest BCUT2D eigenvalue weighted by Gasteiger charge is 2.53. The Morgan fingerprint density at radius 1 is 1.00 bits per heavy atom. The zero-order valence-corrected chi connectivity index (χ0v) is 13.2. The molecule has 4 aliphatic rings. The quantitative estimate of drug-likeness (QED) is 0.846. The standard InChI is InChI=1S/C17H31N3/c1-19-6-7-20(2)13(11-19)10-18-17-9-12-8-16(17)15-5-3-4-14(12)15/h12-18H,3-11H2,1-2H3. The summed E-state index contributed by atoms with van der Waals surface area (Å²) in [4.78, 5) is 5.04. The zero-order chi connectivity index (χ0) is 13.7. The third kappa shape index (κ3) is 2.22. The lowest BCUT2D eigenvalue weighted by molar-refractivity contribution is 0.105. The van der Waals surface area contributed by atoms with Gasteiger partial charge >= 0.3 is 0 Å². The second-order valence-corrected chi connectivity index (χ2v) is 8.07. The van der Waals surface area contributed by atoms with E-state index in [1.54, 1.807) is 12.8 Å². The number of hydrogen-bond acceptors (Lipinski definition) is 3. The fourth-order valence-electron chi connectivity index (χ4n) is 5.91. The SMILES string of the molecule is CN1CCN(C)C(CNC2CC3CC2C2CCCC32)C1. The summed E-state index contributed by atoms with van der Waals surface area (Å²) in [5.74, 6) is 4.33. The Labute approximate surface area is 124 Å². The lowest BCUT2D eigenvalue weighted by Crippen LogP contribution is -2.55. The first-order valence-corrected chi connectivity index (χ1v) is 8.84. The normalized spacial score (nSPS) is 48.9. The smallest absolute Gasteiger partial charge is 0.0345 e. The monoisotopic (exact) mass is 277 g/mol. The highest BCUT2D eigenvalue weighted by atomic mass is 15.3. The van der Waals surface area contributed by atoms with Crippen LogP contribution < -0.4 is 5.32 Å². The van der Waals surface area contributed by atoms with Gasteiger partial charge in [-0.2, -0.15) is 0 Å². The summed E-state index contributed by atoms with van der Waals surface area (Å²) >= 11 is 0. The number of nitrogens with one attached hydrogen (secondary N) is 1. The second-order valence-electron chi connectivity index (χ2n) is 8.07. The van der Waals surface area contributed by atoms with E-state index in [1.165, 1.54) is 45.4 Å². The Morgan fingerprint density at radius 2 is 1.85 bits per heavy atom. The highest BCUT2D eigenvalue weighted by Crippen LogP contribution is 2.58. The Hall–Kier alpha value is -0.120. The molecule has 1 heterocycles. The van der Waals surface area contributed by atoms with Gasteiger partial charge in [-0.25, -0.2) is 0 Å². The van der Waals surface area contributed by atoms with Crippen LogP contribution in [0.2, 0.25) is 0 Å². The number of rotatable bonds is 3. The minimum atomic E-state index is 0.715. The fourth-order valence-corrected chi connectivity index (χ4v) is 5.91. The first kappa shape index (κ1) is 13.5. The van der Waals surface area contributed by atoms with Gasteiger partial charge in [-0.1, -0.05) is 6.42 Å². The predicted octanol–water partition coefficient (Wildman–Crippen LogP) is 1.65. The van der Waals surface area contributed by atoms with Crippen LogP contribution >= 0.6 is 0 Å². The number of likely N-dealkylation sites (N-methyl/N-ethyl adjacent to an activating group) is 2. The summed E-state index contributed by atoms with van der Waals surface area (Å²) in [5.41, 5.74) is 0. The molecule has 3 nitrogen and oxygen atoms in total. The maximum atomic E-state index is 3.98. The molecule has 6 unspecified atom stereocenters. The van der Waals surface area contributed by atoms with Crippen molar-refractivity contribution in [2.75, 3.05) is 40.3 Å². The molecular formula is C17H31N3. The van der Waals surface area contributed by atoms with Gasteiger partial charge in [0.25, 0.3) is 0 Å². The van der Waals surface area contributed by atoms with Crippen LogP contribution in [-0.2, 0) is 0 Å². The molecule has 0 amide bonds. The van der Waals surface area contributed by atoms with Crippen molar-refractivity contribution in [3.05, 3.63) is 0 Å². The molecule has 20 heavy (non-hydrogen) atoms. The third-order valence-electron chi connectivity index (χ3n) is 7.02. The molecule has 1 aliphatic heterocycles. The van der Waals surface area contributed by atoms with Crippen molar-refractivity contribution in [1.29, 1.82) is 0 Å². The summed E-state index contributed by atoms with van der Waals surface area (Å²) in [6.45, 7) is 4.89. The predicted molar refractivity (Wildman–Crippen MR) is 82.8 cm³/mol. The molecule has 0 aromatic carbocycles. The van der Waals surface area contributed by atoms with Crippen LogP contribution in [0.5, 0.6) is 0 Å². The van der Waals surface area contributed by atoms with Gasteiger partial charge in [0.05, 0.1) is 0 Å².